The maximum atomic E-state index is 13.6. The first-order valence-corrected chi connectivity index (χ1v) is 11.1. The largest absolute Gasteiger partial charge is 0.491 e. The van der Waals surface area contributed by atoms with Crippen molar-refractivity contribution in [2.24, 2.45) is 0 Å². The minimum Gasteiger partial charge on any atom is -0.491 e. The maximum absolute atomic E-state index is 13.6. The van der Waals surface area contributed by atoms with E-state index in [0.717, 1.165) is 44.1 Å². The van der Waals surface area contributed by atoms with Crippen LogP contribution in [0.25, 0.3) is 11.4 Å². The summed E-state index contributed by atoms with van der Waals surface area (Å²) >= 11 is 0. The van der Waals surface area contributed by atoms with Gasteiger partial charge in [-0.2, -0.15) is 0 Å². The van der Waals surface area contributed by atoms with E-state index in [0.29, 0.717) is 43.4 Å². The molecule has 1 aromatic heterocycles. The number of aliphatic hydroxyl groups is 1. The molecule has 2 rings (SSSR count). The van der Waals surface area contributed by atoms with Crippen molar-refractivity contribution >= 4 is 0 Å². The molecule has 0 unspecified atom stereocenters. The zero-order valence-electron chi connectivity index (χ0n) is 18.2. The van der Waals surface area contributed by atoms with Crippen molar-refractivity contribution in [1.29, 1.82) is 0 Å². The summed E-state index contributed by atoms with van der Waals surface area (Å²) in [6.07, 6.45) is 8.90. The minimum atomic E-state index is -0.816. The Kier molecular flexibility index (Phi) is 11.2. The number of halogens is 1. The molecule has 0 aliphatic heterocycles. The average molecular weight is 419 g/mol. The number of alkyl halides is 1. The van der Waals surface area contributed by atoms with Gasteiger partial charge in [-0.25, -0.2) is 14.4 Å². The number of hydrogen-bond donors (Lipinski definition) is 1. The molecule has 2 atom stereocenters. The number of unbranched alkanes of at least 4 members (excludes halogenated alkanes) is 3. The summed E-state index contributed by atoms with van der Waals surface area (Å²) in [5, 5.41) is 9.95. The Morgan fingerprint density at radius 2 is 1.57 bits per heavy atom. The van der Waals surface area contributed by atoms with Crippen LogP contribution in [0.15, 0.2) is 36.7 Å². The fourth-order valence-electron chi connectivity index (χ4n) is 3.02. The third-order valence-corrected chi connectivity index (χ3v) is 4.89. The van der Waals surface area contributed by atoms with Crippen LogP contribution >= 0.6 is 0 Å². The normalized spacial score (nSPS) is 13.1. The van der Waals surface area contributed by atoms with Gasteiger partial charge in [0.25, 0.3) is 0 Å². The van der Waals surface area contributed by atoms with Crippen molar-refractivity contribution in [3.63, 3.8) is 0 Å². The molecular formula is C24H35FN2O3. The second-order valence-electron chi connectivity index (χ2n) is 7.60. The van der Waals surface area contributed by atoms with Gasteiger partial charge in [0, 0.05) is 12.0 Å². The highest BCUT2D eigenvalue weighted by atomic mass is 19.1. The maximum Gasteiger partial charge on any atom is 0.159 e. The van der Waals surface area contributed by atoms with Gasteiger partial charge in [0.05, 0.1) is 25.1 Å². The van der Waals surface area contributed by atoms with Crippen LogP contribution in [-0.4, -0.2) is 40.6 Å². The van der Waals surface area contributed by atoms with E-state index >= 15 is 0 Å². The second kappa shape index (κ2) is 13.9. The number of nitrogens with zero attached hydrogens (tertiary/aromatic N) is 2. The van der Waals surface area contributed by atoms with Crippen LogP contribution in [0.5, 0.6) is 11.5 Å². The molecular weight excluding hydrogens is 383 g/mol. The van der Waals surface area contributed by atoms with Gasteiger partial charge in [-0.3, -0.25) is 0 Å². The first-order chi connectivity index (χ1) is 14.6. The van der Waals surface area contributed by atoms with Crippen molar-refractivity contribution in [1.82, 2.24) is 9.97 Å². The lowest BCUT2D eigenvalue weighted by molar-refractivity contribution is 0.0976. The molecule has 166 valence electrons. The summed E-state index contributed by atoms with van der Waals surface area (Å²) in [6, 6.07) is 7.46. The molecule has 0 amide bonds. The number of aromatic nitrogens is 2. The smallest absolute Gasteiger partial charge is 0.159 e. The summed E-state index contributed by atoms with van der Waals surface area (Å²) in [5.41, 5.74) is 0.862. The van der Waals surface area contributed by atoms with Crippen molar-refractivity contribution in [2.75, 3.05) is 13.2 Å². The van der Waals surface area contributed by atoms with Gasteiger partial charge in [-0.05, 0) is 37.1 Å². The predicted molar refractivity (Wildman–Crippen MR) is 118 cm³/mol. The van der Waals surface area contributed by atoms with Crippen LogP contribution in [0.3, 0.4) is 0 Å². The van der Waals surface area contributed by atoms with Crippen molar-refractivity contribution in [3.05, 3.63) is 36.7 Å². The monoisotopic (exact) mass is 418 g/mol. The van der Waals surface area contributed by atoms with Crippen LogP contribution < -0.4 is 9.47 Å². The SMILES string of the molecule is CCCCC[C@@H](O)COc1ccc(-c2ncc(OCC[C@H](F)CCCC)cn2)cc1. The van der Waals surface area contributed by atoms with Gasteiger partial charge in [0.1, 0.15) is 18.5 Å². The molecule has 0 spiro atoms. The predicted octanol–water partition coefficient (Wildman–Crippen LogP) is 5.76. The molecule has 0 saturated carbocycles. The molecule has 0 radical (unpaired) electrons. The first-order valence-electron chi connectivity index (χ1n) is 11.1. The topological polar surface area (TPSA) is 64.5 Å². The zero-order chi connectivity index (χ0) is 21.6. The molecule has 0 aliphatic carbocycles. The quantitative estimate of drug-likeness (QED) is 0.373. The number of aliphatic hydroxyl groups excluding tert-OH is 1. The summed E-state index contributed by atoms with van der Waals surface area (Å²) in [4.78, 5) is 8.66. The van der Waals surface area contributed by atoms with Gasteiger partial charge >= 0.3 is 0 Å². The number of hydrogen-bond acceptors (Lipinski definition) is 5. The van der Waals surface area contributed by atoms with Gasteiger partial charge in [0.2, 0.25) is 0 Å². The average Bonchev–Trinajstić information content (AvgIpc) is 2.77. The Hall–Kier alpha value is -2.21. The lowest BCUT2D eigenvalue weighted by Gasteiger charge is -2.12. The number of rotatable bonds is 15. The molecule has 1 heterocycles. The Morgan fingerprint density at radius 3 is 2.23 bits per heavy atom. The summed E-state index contributed by atoms with van der Waals surface area (Å²) in [6.45, 7) is 4.82. The zero-order valence-corrected chi connectivity index (χ0v) is 18.2. The molecule has 5 nitrogen and oxygen atoms in total. The fourth-order valence-corrected chi connectivity index (χ4v) is 3.02. The van der Waals surface area contributed by atoms with Gasteiger partial charge < -0.3 is 14.6 Å². The molecule has 0 fully saturated rings. The third kappa shape index (κ3) is 9.08. The van der Waals surface area contributed by atoms with Crippen LogP contribution in [0.4, 0.5) is 4.39 Å². The Morgan fingerprint density at radius 1 is 0.867 bits per heavy atom. The van der Waals surface area contributed by atoms with Crippen LogP contribution in [0, 0.1) is 0 Å². The van der Waals surface area contributed by atoms with E-state index in [1.807, 2.05) is 24.3 Å². The molecule has 1 aromatic carbocycles. The highest BCUT2D eigenvalue weighted by Crippen LogP contribution is 2.21. The van der Waals surface area contributed by atoms with Crippen LogP contribution in [-0.2, 0) is 0 Å². The molecule has 1 N–H and O–H groups in total. The van der Waals surface area contributed by atoms with E-state index in [1.54, 1.807) is 12.4 Å². The highest BCUT2D eigenvalue weighted by molar-refractivity contribution is 5.56. The van der Waals surface area contributed by atoms with Crippen LogP contribution in [0.1, 0.15) is 65.2 Å². The molecule has 2 aromatic rings. The van der Waals surface area contributed by atoms with E-state index in [-0.39, 0.29) is 0 Å². The number of benzene rings is 1. The Balaban J connectivity index is 1.76. The summed E-state index contributed by atoms with van der Waals surface area (Å²) in [7, 11) is 0. The minimum absolute atomic E-state index is 0.295. The molecule has 0 bridgehead atoms. The van der Waals surface area contributed by atoms with Crippen molar-refractivity contribution in [2.45, 2.75) is 77.5 Å². The lowest BCUT2D eigenvalue weighted by Crippen LogP contribution is -2.17. The standard InChI is InChI=1S/C24H35FN2O3/c1-3-5-7-9-21(28)18-30-22-12-10-19(11-13-22)24-26-16-23(17-27-24)29-15-14-20(25)8-6-4-2/h10-13,16-17,20-21,28H,3-9,14-15,18H2,1-2H3/t20-,21-/m1/s1. The van der Waals surface area contributed by atoms with Crippen molar-refractivity contribution in [3.8, 4) is 22.9 Å². The summed E-state index contributed by atoms with van der Waals surface area (Å²) < 4.78 is 24.8. The van der Waals surface area contributed by atoms with E-state index in [2.05, 4.69) is 23.8 Å². The van der Waals surface area contributed by atoms with E-state index in [1.165, 1.54) is 0 Å². The van der Waals surface area contributed by atoms with Gasteiger partial charge in [-0.15, -0.1) is 0 Å². The first kappa shape index (κ1) is 24.1. The van der Waals surface area contributed by atoms with E-state index in [4.69, 9.17) is 9.47 Å². The van der Waals surface area contributed by atoms with Crippen molar-refractivity contribution < 1.29 is 19.0 Å². The molecule has 6 heteroatoms. The fraction of sp³-hybridized carbons (Fsp3) is 0.583. The highest BCUT2D eigenvalue weighted by Gasteiger charge is 2.08. The third-order valence-electron chi connectivity index (χ3n) is 4.89. The van der Waals surface area contributed by atoms with Gasteiger partial charge in [-0.1, -0.05) is 46.0 Å². The molecule has 0 aliphatic rings. The van der Waals surface area contributed by atoms with Crippen LogP contribution in [0.2, 0.25) is 0 Å². The Labute approximate surface area is 179 Å². The second-order valence-corrected chi connectivity index (χ2v) is 7.60. The molecule has 30 heavy (non-hydrogen) atoms. The van der Waals surface area contributed by atoms with E-state index in [9.17, 15) is 9.50 Å². The molecule has 0 saturated heterocycles. The summed E-state index contributed by atoms with van der Waals surface area (Å²) in [5.74, 6) is 1.83. The lowest BCUT2D eigenvalue weighted by atomic mass is 10.1. The Bertz CT molecular complexity index is 695. The van der Waals surface area contributed by atoms with Gasteiger partial charge in [0.15, 0.2) is 11.6 Å². The number of ether oxygens (including phenoxy) is 2. The van der Waals surface area contributed by atoms with E-state index < -0.39 is 12.3 Å².